The topological polar surface area (TPSA) is 17.1 Å². The maximum absolute atomic E-state index is 11.1. The second kappa shape index (κ2) is 1.91. The lowest BCUT2D eigenvalue weighted by Gasteiger charge is -2.02. The van der Waals surface area contributed by atoms with Gasteiger partial charge in [-0.05, 0) is 24.7 Å². The minimum Gasteiger partial charge on any atom is -0.315 e. The Kier molecular flexibility index (Phi) is 1.39. The van der Waals surface area contributed by atoms with Gasteiger partial charge in [0.1, 0.15) is 7.14 Å². The summed E-state index contributed by atoms with van der Waals surface area (Å²) in [6.45, 7) is 1.76. The van der Waals surface area contributed by atoms with E-state index in [0.29, 0.717) is 0 Å². The van der Waals surface area contributed by atoms with Gasteiger partial charge in [0.15, 0.2) is 0 Å². The lowest BCUT2D eigenvalue weighted by molar-refractivity contribution is 0.589. The Morgan fingerprint density at radius 2 is 1.88 bits per heavy atom. The predicted octanol–water partition coefficient (Wildman–Crippen LogP) is 2.41. The molecule has 0 amide bonds. The first kappa shape index (κ1) is 5.84. The maximum atomic E-state index is 11.1. The first-order chi connectivity index (χ1) is 3.71. The van der Waals surface area contributed by atoms with Gasteiger partial charge < -0.3 is 4.57 Å². The molecule has 0 aromatic carbocycles. The van der Waals surface area contributed by atoms with E-state index in [-0.39, 0.29) is 0 Å². The molecule has 0 atom stereocenters. The van der Waals surface area contributed by atoms with Gasteiger partial charge in [0, 0.05) is 0 Å². The highest BCUT2D eigenvalue weighted by molar-refractivity contribution is 7.69. The van der Waals surface area contributed by atoms with Gasteiger partial charge in [-0.3, -0.25) is 0 Å². The molecule has 44 valence electrons. The summed E-state index contributed by atoms with van der Waals surface area (Å²) in [6, 6.07) is 0. The Morgan fingerprint density at radius 1 is 1.38 bits per heavy atom. The molecule has 1 heterocycles. The molecule has 8 heavy (non-hydrogen) atoms. The van der Waals surface area contributed by atoms with Gasteiger partial charge >= 0.3 is 0 Å². The molecule has 0 unspecified atom stereocenters. The molecule has 0 fully saturated rings. The highest BCUT2D eigenvalue weighted by Gasteiger charge is 2.05. The van der Waals surface area contributed by atoms with Crippen molar-refractivity contribution in [1.82, 2.24) is 0 Å². The molecule has 0 spiro atoms. The van der Waals surface area contributed by atoms with E-state index in [9.17, 15) is 4.57 Å². The Balaban J connectivity index is 2.85. The average molecular weight is 128 g/mol. The second-order valence-corrected chi connectivity index (χ2v) is 4.78. The third-order valence-corrected chi connectivity index (χ3v) is 2.68. The summed E-state index contributed by atoms with van der Waals surface area (Å²) < 4.78 is 11.1. The summed E-state index contributed by atoms with van der Waals surface area (Å²) in [4.78, 5) is 0. The van der Waals surface area contributed by atoms with Crippen molar-refractivity contribution >= 4 is 7.14 Å². The molecule has 1 aliphatic rings. The van der Waals surface area contributed by atoms with E-state index in [1.165, 1.54) is 0 Å². The Morgan fingerprint density at radius 3 is 2.12 bits per heavy atom. The molecule has 0 aliphatic carbocycles. The molecule has 0 aromatic rings. The Hall–Kier alpha value is -0.290. The lowest BCUT2D eigenvalue weighted by atomic mass is 10.4. The van der Waals surface area contributed by atoms with Crippen molar-refractivity contribution in [3.05, 3.63) is 23.8 Å². The van der Waals surface area contributed by atoms with Crippen LogP contribution in [0, 0.1) is 0 Å². The molecule has 0 saturated heterocycles. The average Bonchev–Trinajstić information content (AvgIpc) is 1.65. The molecular weight excluding hydrogens is 119 g/mol. The van der Waals surface area contributed by atoms with Crippen molar-refractivity contribution in [3.8, 4) is 0 Å². The third-order valence-electron chi connectivity index (χ3n) is 1.07. The van der Waals surface area contributed by atoms with Crippen molar-refractivity contribution < 1.29 is 4.57 Å². The Bertz CT molecular complexity index is 163. The SMILES string of the molecule is CP1(=O)C=CCC=C1. The van der Waals surface area contributed by atoms with E-state index in [4.69, 9.17) is 0 Å². The van der Waals surface area contributed by atoms with Crippen LogP contribution in [0.5, 0.6) is 0 Å². The summed E-state index contributed by atoms with van der Waals surface area (Å²) >= 11 is 0. The summed E-state index contributed by atoms with van der Waals surface area (Å²) in [7, 11) is -1.95. The number of hydrogen-bond acceptors (Lipinski definition) is 1. The number of allylic oxidation sites excluding steroid dienone is 2. The molecule has 1 aliphatic heterocycles. The fraction of sp³-hybridized carbons (Fsp3) is 0.333. The summed E-state index contributed by atoms with van der Waals surface area (Å²) in [5.41, 5.74) is 0. The van der Waals surface area contributed by atoms with Crippen molar-refractivity contribution in [2.45, 2.75) is 6.42 Å². The molecule has 0 bridgehead atoms. The van der Waals surface area contributed by atoms with Gasteiger partial charge in [0.25, 0.3) is 0 Å². The van der Waals surface area contributed by atoms with Gasteiger partial charge in [-0.25, -0.2) is 0 Å². The second-order valence-electron chi connectivity index (χ2n) is 2.06. The van der Waals surface area contributed by atoms with Crippen LogP contribution in [-0.4, -0.2) is 6.66 Å². The lowest BCUT2D eigenvalue weighted by Crippen LogP contribution is -1.72. The normalized spacial score (nSPS) is 23.6. The molecular formula is C6H9OP. The van der Waals surface area contributed by atoms with Crippen LogP contribution in [0.1, 0.15) is 6.42 Å². The Labute approximate surface area is 49.5 Å². The number of hydrogen-bond donors (Lipinski definition) is 0. The van der Waals surface area contributed by atoms with Gasteiger partial charge in [-0.15, -0.1) is 0 Å². The van der Waals surface area contributed by atoms with E-state index in [2.05, 4.69) is 0 Å². The highest BCUT2D eigenvalue weighted by atomic mass is 31.2. The van der Waals surface area contributed by atoms with Crippen molar-refractivity contribution in [3.63, 3.8) is 0 Å². The summed E-state index contributed by atoms with van der Waals surface area (Å²) in [5, 5.41) is 0. The van der Waals surface area contributed by atoms with E-state index >= 15 is 0 Å². The van der Waals surface area contributed by atoms with Gasteiger partial charge in [0.05, 0.1) is 0 Å². The quantitative estimate of drug-likeness (QED) is 0.458. The highest BCUT2D eigenvalue weighted by Crippen LogP contribution is 2.46. The minimum atomic E-state index is -1.95. The van der Waals surface area contributed by atoms with Crippen LogP contribution >= 0.6 is 7.14 Å². The van der Waals surface area contributed by atoms with E-state index in [1.54, 1.807) is 18.3 Å². The van der Waals surface area contributed by atoms with E-state index in [0.717, 1.165) is 6.42 Å². The summed E-state index contributed by atoms with van der Waals surface area (Å²) in [6.07, 6.45) is 4.83. The van der Waals surface area contributed by atoms with Gasteiger partial charge in [-0.2, -0.15) is 0 Å². The van der Waals surface area contributed by atoms with Crippen LogP contribution in [0.2, 0.25) is 0 Å². The number of rotatable bonds is 0. The van der Waals surface area contributed by atoms with E-state index in [1.807, 2.05) is 12.2 Å². The maximum Gasteiger partial charge on any atom is 0.126 e. The van der Waals surface area contributed by atoms with E-state index < -0.39 is 7.14 Å². The van der Waals surface area contributed by atoms with Crippen molar-refractivity contribution in [2.75, 3.05) is 6.66 Å². The van der Waals surface area contributed by atoms with Crippen LogP contribution in [0.4, 0.5) is 0 Å². The van der Waals surface area contributed by atoms with Crippen LogP contribution in [0.3, 0.4) is 0 Å². The van der Waals surface area contributed by atoms with Gasteiger partial charge in [-0.1, -0.05) is 12.2 Å². The van der Waals surface area contributed by atoms with Gasteiger partial charge in [0.2, 0.25) is 0 Å². The summed E-state index contributed by atoms with van der Waals surface area (Å²) in [5.74, 6) is 3.60. The van der Waals surface area contributed by atoms with Crippen LogP contribution in [0.25, 0.3) is 0 Å². The van der Waals surface area contributed by atoms with Crippen LogP contribution in [-0.2, 0) is 4.57 Å². The van der Waals surface area contributed by atoms with Crippen molar-refractivity contribution in [2.24, 2.45) is 0 Å². The van der Waals surface area contributed by atoms with Crippen molar-refractivity contribution in [1.29, 1.82) is 0 Å². The molecule has 2 heteroatoms. The predicted molar refractivity (Wildman–Crippen MR) is 36.4 cm³/mol. The zero-order valence-corrected chi connectivity index (χ0v) is 5.77. The molecule has 1 rings (SSSR count). The molecule has 0 N–H and O–H groups in total. The fourth-order valence-electron chi connectivity index (χ4n) is 0.669. The zero-order chi connectivity index (χ0) is 6.04. The standard InChI is InChI=1S/C6H9OP/c1-8(7)5-3-2-4-6-8/h3-6H,2H2,1H3. The zero-order valence-electron chi connectivity index (χ0n) is 4.87. The third kappa shape index (κ3) is 1.34. The first-order valence-electron chi connectivity index (χ1n) is 2.63. The fourth-order valence-corrected chi connectivity index (χ4v) is 1.85. The molecule has 0 saturated carbocycles. The van der Waals surface area contributed by atoms with Crippen LogP contribution < -0.4 is 0 Å². The first-order valence-corrected chi connectivity index (χ1v) is 4.92. The minimum absolute atomic E-state index is 0.942. The molecule has 0 aromatic heterocycles. The molecule has 1 nitrogen and oxygen atoms in total. The largest absolute Gasteiger partial charge is 0.315 e. The monoisotopic (exact) mass is 128 g/mol. The van der Waals surface area contributed by atoms with Crippen LogP contribution in [0.15, 0.2) is 23.8 Å². The smallest absolute Gasteiger partial charge is 0.126 e. The molecule has 0 radical (unpaired) electrons.